The van der Waals surface area contributed by atoms with Crippen molar-refractivity contribution in [1.29, 1.82) is 0 Å². The summed E-state index contributed by atoms with van der Waals surface area (Å²) in [4.78, 5) is 0.887. The number of hydrogen-bond acceptors (Lipinski definition) is 3. The maximum atomic E-state index is 11.0. The Bertz CT molecular complexity index is 1020. The Hall–Kier alpha value is -2.36. The number of aromatic hydroxyl groups is 1. The lowest BCUT2D eigenvalue weighted by Gasteiger charge is -2.15. The molecule has 0 radical (unpaired) electrons. The van der Waals surface area contributed by atoms with Gasteiger partial charge in [0, 0.05) is 15.1 Å². The van der Waals surface area contributed by atoms with Crippen LogP contribution >= 0.6 is 11.3 Å². The summed E-state index contributed by atoms with van der Waals surface area (Å²) in [6.07, 6.45) is -0.835. The number of benzene rings is 3. The highest BCUT2D eigenvalue weighted by molar-refractivity contribution is 7.19. The van der Waals surface area contributed by atoms with Gasteiger partial charge >= 0.3 is 0 Å². The molecule has 4 rings (SSSR count). The van der Waals surface area contributed by atoms with Gasteiger partial charge in [-0.2, -0.15) is 0 Å². The highest BCUT2D eigenvalue weighted by Crippen LogP contribution is 2.41. The minimum atomic E-state index is -0.835. The van der Waals surface area contributed by atoms with Crippen molar-refractivity contribution in [3.05, 3.63) is 76.7 Å². The molecule has 0 saturated carbocycles. The quantitative estimate of drug-likeness (QED) is 0.536. The molecule has 0 amide bonds. The Labute approximate surface area is 138 Å². The summed E-state index contributed by atoms with van der Waals surface area (Å²) in [7, 11) is 0. The second-order valence-corrected chi connectivity index (χ2v) is 6.79. The first kappa shape index (κ1) is 14.2. The van der Waals surface area contributed by atoms with Crippen LogP contribution in [0, 0.1) is 6.92 Å². The molecule has 3 heteroatoms. The van der Waals surface area contributed by atoms with Gasteiger partial charge in [0.15, 0.2) is 0 Å². The first-order valence-corrected chi connectivity index (χ1v) is 8.35. The third-order valence-electron chi connectivity index (χ3n) is 4.35. The van der Waals surface area contributed by atoms with Gasteiger partial charge in [-0.1, -0.05) is 48.5 Å². The van der Waals surface area contributed by atoms with Crippen molar-refractivity contribution in [3.63, 3.8) is 0 Å². The van der Waals surface area contributed by atoms with Crippen LogP contribution in [0.3, 0.4) is 0 Å². The van der Waals surface area contributed by atoms with Crippen molar-refractivity contribution in [1.82, 2.24) is 0 Å². The molecular formula is C20H16O2S. The highest BCUT2D eigenvalue weighted by Gasteiger charge is 2.22. The third kappa shape index (κ3) is 2.21. The monoisotopic (exact) mass is 320 g/mol. The van der Waals surface area contributed by atoms with Gasteiger partial charge in [0.05, 0.1) is 0 Å². The van der Waals surface area contributed by atoms with Crippen molar-refractivity contribution < 1.29 is 10.2 Å². The van der Waals surface area contributed by atoms with Crippen LogP contribution in [0.15, 0.2) is 60.7 Å². The number of phenolic OH excluding ortho intramolecular Hbond substituents is 1. The Balaban J connectivity index is 1.96. The molecule has 0 bridgehead atoms. The molecule has 0 fully saturated rings. The number of aryl methyl sites for hydroxylation is 1. The van der Waals surface area contributed by atoms with E-state index in [0.717, 1.165) is 31.3 Å². The molecule has 0 spiro atoms. The SMILES string of the molecule is Cc1c(C(O)c2c(O)ccc3ccccc23)sc2ccccc12. The van der Waals surface area contributed by atoms with E-state index in [1.807, 2.05) is 49.4 Å². The number of phenols is 1. The zero-order valence-corrected chi connectivity index (χ0v) is 13.5. The van der Waals surface area contributed by atoms with Gasteiger partial charge in [-0.3, -0.25) is 0 Å². The van der Waals surface area contributed by atoms with E-state index in [-0.39, 0.29) is 5.75 Å². The van der Waals surface area contributed by atoms with Crippen molar-refractivity contribution in [2.75, 3.05) is 0 Å². The van der Waals surface area contributed by atoms with E-state index in [9.17, 15) is 10.2 Å². The summed E-state index contributed by atoms with van der Waals surface area (Å²) in [5.41, 5.74) is 1.66. The van der Waals surface area contributed by atoms with E-state index in [1.54, 1.807) is 17.4 Å². The van der Waals surface area contributed by atoms with Crippen molar-refractivity contribution in [3.8, 4) is 5.75 Å². The molecule has 4 aromatic rings. The van der Waals surface area contributed by atoms with Crippen LogP contribution in [0.4, 0.5) is 0 Å². The third-order valence-corrected chi connectivity index (χ3v) is 5.68. The van der Waals surface area contributed by atoms with Gasteiger partial charge < -0.3 is 10.2 Å². The molecule has 0 saturated heterocycles. The summed E-state index contributed by atoms with van der Waals surface area (Å²) >= 11 is 1.58. The largest absolute Gasteiger partial charge is 0.508 e. The fourth-order valence-corrected chi connectivity index (χ4v) is 4.36. The predicted octanol–water partition coefficient (Wildman–Crippen LogP) is 5.15. The fourth-order valence-electron chi connectivity index (χ4n) is 3.16. The van der Waals surface area contributed by atoms with Gasteiger partial charge in [-0.15, -0.1) is 11.3 Å². The van der Waals surface area contributed by atoms with E-state index < -0.39 is 6.10 Å². The van der Waals surface area contributed by atoms with E-state index in [4.69, 9.17) is 0 Å². The average Bonchev–Trinajstić information content (AvgIpc) is 2.92. The molecular weight excluding hydrogens is 304 g/mol. The second kappa shape index (κ2) is 5.37. The number of fused-ring (bicyclic) bond motifs is 2. The zero-order chi connectivity index (χ0) is 16.0. The van der Waals surface area contributed by atoms with Crippen LogP contribution < -0.4 is 0 Å². The molecule has 2 N–H and O–H groups in total. The highest BCUT2D eigenvalue weighted by atomic mass is 32.1. The first-order valence-electron chi connectivity index (χ1n) is 7.53. The molecule has 23 heavy (non-hydrogen) atoms. The van der Waals surface area contributed by atoms with Gasteiger partial charge in [0.2, 0.25) is 0 Å². The minimum Gasteiger partial charge on any atom is -0.508 e. The van der Waals surface area contributed by atoms with E-state index >= 15 is 0 Å². The van der Waals surface area contributed by atoms with Gasteiger partial charge in [0.1, 0.15) is 11.9 Å². The average molecular weight is 320 g/mol. The molecule has 2 nitrogen and oxygen atoms in total. The summed E-state index contributed by atoms with van der Waals surface area (Å²) in [5, 5.41) is 24.4. The topological polar surface area (TPSA) is 40.5 Å². The summed E-state index contributed by atoms with van der Waals surface area (Å²) in [5.74, 6) is 0.132. The number of thiophene rings is 1. The molecule has 3 aromatic carbocycles. The molecule has 1 atom stereocenters. The van der Waals surface area contributed by atoms with Crippen LogP contribution in [0.2, 0.25) is 0 Å². The molecule has 0 aliphatic carbocycles. The lowest BCUT2D eigenvalue weighted by Crippen LogP contribution is -2.00. The molecule has 114 valence electrons. The Morgan fingerprint density at radius 2 is 1.57 bits per heavy atom. The van der Waals surface area contributed by atoms with Crippen LogP contribution in [0.25, 0.3) is 20.9 Å². The van der Waals surface area contributed by atoms with Gasteiger partial charge in [-0.05, 0) is 40.8 Å². The van der Waals surface area contributed by atoms with Gasteiger partial charge in [-0.25, -0.2) is 0 Å². The molecule has 1 heterocycles. The van der Waals surface area contributed by atoms with Crippen molar-refractivity contribution in [2.45, 2.75) is 13.0 Å². The molecule has 1 aromatic heterocycles. The Morgan fingerprint density at radius 1 is 0.870 bits per heavy atom. The Kier molecular flexibility index (Phi) is 3.33. The number of rotatable bonds is 2. The normalized spacial score (nSPS) is 12.8. The summed E-state index contributed by atoms with van der Waals surface area (Å²) in [6.45, 7) is 2.03. The Morgan fingerprint density at radius 3 is 2.35 bits per heavy atom. The fraction of sp³-hybridized carbons (Fsp3) is 0.100. The lowest BCUT2D eigenvalue weighted by molar-refractivity contribution is 0.220. The van der Waals surface area contributed by atoms with Crippen LogP contribution in [0.1, 0.15) is 22.1 Å². The summed E-state index contributed by atoms with van der Waals surface area (Å²) < 4.78 is 1.15. The standard InChI is InChI=1S/C20H16O2S/c1-12-14-7-4-5-9-17(14)23-20(12)19(22)18-15-8-3-2-6-13(15)10-11-16(18)21/h2-11,19,21-22H,1H3. The minimum absolute atomic E-state index is 0.132. The van der Waals surface area contributed by atoms with E-state index in [1.165, 1.54) is 0 Å². The number of hydrogen-bond donors (Lipinski definition) is 2. The lowest BCUT2D eigenvalue weighted by atomic mass is 9.96. The zero-order valence-electron chi connectivity index (χ0n) is 12.7. The maximum absolute atomic E-state index is 11.0. The van der Waals surface area contributed by atoms with Crippen LogP contribution in [-0.2, 0) is 0 Å². The second-order valence-electron chi connectivity index (χ2n) is 5.71. The number of aliphatic hydroxyl groups excluding tert-OH is 1. The first-order chi connectivity index (χ1) is 11.2. The van der Waals surface area contributed by atoms with Crippen LogP contribution in [-0.4, -0.2) is 10.2 Å². The van der Waals surface area contributed by atoms with E-state index in [2.05, 4.69) is 12.1 Å². The predicted molar refractivity (Wildman–Crippen MR) is 96.2 cm³/mol. The summed E-state index contributed by atoms with van der Waals surface area (Å²) in [6, 6.07) is 19.5. The van der Waals surface area contributed by atoms with Crippen molar-refractivity contribution in [2.24, 2.45) is 0 Å². The van der Waals surface area contributed by atoms with Crippen LogP contribution in [0.5, 0.6) is 5.75 Å². The van der Waals surface area contributed by atoms with Gasteiger partial charge in [0.25, 0.3) is 0 Å². The van der Waals surface area contributed by atoms with Crippen molar-refractivity contribution >= 4 is 32.2 Å². The molecule has 0 aliphatic rings. The van der Waals surface area contributed by atoms with E-state index in [0.29, 0.717) is 5.56 Å². The molecule has 0 aliphatic heterocycles. The number of aliphatic hydroxyl groups is 1. The molecule has 1 unspecified atom stereocenters. The smallest absolute Gasteiger partial charge is 0.122 e. The maximum Gasteiger partial charge on any atom is 0.122 e.